The lowest BCUT2D eigenvalue weighted by Gasteiger charge is -2.30. The van der Waals surface area contributed by atoms with Gasteiger partial charge in [0.05, 0.1) is 6.54 Å². The van der Waals surface area contributed by atoms with Gasteiger partial charge in [-0.25, -0.2) is 4.39 Å². The molecule has 1 N–H and O–H groups in total. The maximum Gasteiger partial charge on any atom is 0.241 e. The number of nitrogens with one attached hydrogen (secondary N) is 1. The Kier molecular flexibility index (Phi) is 3.75. The van der Waals surface area contributed by atoms with Gasteiger partial charge in [0.25, 0.3) is 0 Å². The molecule has 1 fully saturated rings. The van der Waals surface area contributed by atoms with Crippen molar-refractivity contribution < 1.29 is 8.91 Å². The van der Waals surface area contributed by atoms with Crippen LogP contribution in [0.25, 0.3) is 11.4 Å². The van der Waals surface area contributed by atoms with E-state index in [1.54, 1.807) is 12.1 Å². The molecule has 1 aliphatic rings. The van der Waals surface area contributed by atoms with Crippen LogP contribution in [0.5, 0.6) is 0 Å². The second-order valence-electron chi connectivity index (χ2n) is 5.11. The second kappa shape index (κ2) is 5.68. The van der Waals surface area contributed by atoms with E-state index in [2.05, 4.69) is 27.3 Å². The molecular formula is C14H17FN4O. The summed E-state index contributed by atoms with van der Waals surface area (Å²) in [6.07, 6.45) is 0. The molecule has 2 aromatic rings. The predicted octanol–water partition coefficient (Wildman–Crippen LogP) is 1.67. The van der Waals surface area contributed by atoms with Crippen LogP contribution in [0.1, 0.15) is 12.8 Å². The average Bonchev–Trinajstić information content (AvgIpc) is 2.88. The van der Waals surface area contributed by atoms with Crippen LogP contribution >= 0.6 is 0 Å². The lowest BCUT2D eigenvalue weighted by atomic mass is 10.2. The molecule has 1 aromatic carbocycles. The highest BCUT2D eigenvalue weighted by Crippen LogP contribution is 2.17. The number of aromatic nitrogens is 2. The number of nitrogens with zero attached hydrogens (tertiary/aromatic N) is 3. The second-order valence-corrected chi connectivity index (χ2v) is 5.11. The van der Waals surface area contributed by atoms with Gasteiger partial charge in [0, 0.05) is 31.2 Å². The summed E-state index contributed by atoms with van der Waals surface area (Å²) in [5.74, 6) is 0.828. The maximum absolute atomic E-state index is 12.9. The number of rotatable bonds is 3. The van der Waals surface area contributed by atoms with E-state index in [0.29, 0.717) is 24.3 Å². The fourth-order valence-electron chi connectivity index (χ4n) is 2.38. The van der Waals surface area contributed by atoms with Crippen LogP contribution in [0, 0.1) is 5.82 Å². The van der Waals surface area contributed by atoms with Crippen molar-refractivity contribution in [1.29, 1.82) is 0 Å². The molecule has 1 aliphatic heterocycles. The summed E-state index contributed by atoms with van der Waals surface area (Å²) in [7, 11) is 0. The fourth-order valence-corrected chi connectivity index (χ4v) is 2.38. The third-order valence-electron chi connectivity index (χ3n) is 3.38. The Morgan fingerprint density at radius 3 is 2.95 bits per heavy atom. The summed E-state index contributed by atoms with van der Waals surface area (Å²) in [6, 6.07) is 6.56. The van der Waals surface area contributed by atoms with Crippen molar-refractivity contribution in [2.75, 3.05) is 19.6 Å². The lowest BCUT2D eigenvalue weighted by molar-refractivity contribution is 0.177. The van der Waals surface area contributed by atoms with Crippen molar-refractivity contribution in [3.8, 4) is 11.4 Å². The first kappa shape index (κ1) is 13.2. The molecule has 1 saturated heterocycles. The molecule has 0 saturated carbocycles. The molecule has 0 radical (unpaired) electrons. The monoisotopic (exact) mass is 276 g/mol. The summed E-state index contributed by atoms with van der Waals surface area (Å²) < 4.78 is 18.1. The van der Waals surface area contributed by atoms with Gasteiger partial charge in [-0.05, 0) is 31.2 Å². The summed E-state index contributed by atoms with van der Waals surface area (Å²) >= 11 is 0. The highest BCUT2D eigenvalue weighted by molar-refractivity contribution is 5.53. The molecule has 6 heteroatoms. The number of halogens is 1. The van der Waals surface area contributed by atoms with Crippen LogP contribution in [0.3, 0.4) is 0 Å². The quantitative estimate of drug-likeness (QED) is 0.924. The van der Waals surface area contributed by atoms with Crippen molar-refractivity contribution in [3.63, 3.8) is 0 Å². The van der Waals surface area contributed by atoms with Gasteiger partial charge >= 0.3 is 0 Å². The SMILES string of the molecule is C[C@H]1CN(Cc2nc(-c3ccc(F)cc3)no2)CCN1. The third-order valence-corrected chi connectivity index (χ3v) is 3.38. The van der Waals surface area contributed by atoms with Gasteiger partial charge in [-0.15, -0.1) is 0 Å². The van der Waals surface area contributed by atoms with Gasteiger partial charge in [-0.1, -0.05) is 5.16 Å². The summed E-state index contributed by atoms with van der Waals surface area (Å²) in [5, 5.41) is 7.34. The van der Waals surface area contributed by atoms with Crippen LogP contribution < -0.4 is 5.32 Å². The predicted molar refractivity (Wildman–Crippen MR) is 72.4 cm³/mol. The van der Waals surface area contributed by atoms with Gasteiger partial charge in [0.2, 0.25) is 11.7 Å². The highest BCUT2D eigenvalue weighted by Gasteiger charge is 2.18. The standard InChI is InChI=1S/C14H17FN4O/c1-10-8-19(7-6-16-10)9-13-17-14(18-20-13)11-2-4-12(15)5-3-11/h2-5,10,16H,6-9H2,1H3/t10-/m0/s1. The summed E-state index contributed by atoms with van der Waals surface area (Å²) in [5.41, 5.74) is 0.759. The first-order valence-electron chi connectivity index (χ1n) is 6.75. The zero-order valence-electron chi connectivity index (χ0n) is 11.3. The number of benzene rings is 1. The minimum atomic E-state index is -0.271. The fraction of sp³-hybridized carbons (Fsp3) is 0.429. The first-order chi connectivity index (χ1) is 9.70. The lowest BCUT2D eigenvalue weighted by Crippen LogP contribution is -2.48. The summed E-state index contributed by atoms with van der Waals surface area (Å²) in [6.45, 7) is 5.72. The number of piperazine rings is 1. The molecule has 3 rings (SSSR count). The molecule has 20 heavy (non-hydrogen) atoms. The van der Waals surface area contributed by atoms with Crippen LogP contribution in [-0.2, 0) is 6.54 Å². The molecule has 0 unspecified atom stereocenters. The van der Waals surface area contributed by atoms with Crippen molar-refractivity contribution in [1.82, 2.24) is 20.4 Å². The normalized spacial score (nSPS) is 20.2. The molecule has 1 atom stereocenters. The topological polar surface area (TPSA) is 54.2 Å². The Bertz CT molecular complexity index is 569. The molecule has 5 nitrogen and oxygen atoms in total. The minimum Gasteiger partial charge on any atom is -0.338 e. The first-order valence-corrected chi connectivity index (χ1v) is 6.75. The summed E-state index contributed by atoms with van der Waals surface area (Å²) in [4.78, 5) is 6.65. The van der Waals surface area contributed by atoms with E-state index in [1.165, 1.54) is 12.1 Å². The Morgan fingerprint density at radius 1 is 1.40 bits per heavy atom. The van der Waals surface area contributed by atoms with Crippen molar-refractivity contribution in [2.24, 2.45) is 0 Å². The number of hydrogen-bond donors (Lipinski definition) is 1. The zero-order chi connectivity index (χ0) is 13.9. The molecule has 0 bridgehead atoms. The molecule has 0 amide bonds. The van der Waals surface area contributed by atoms with Crippen LogP contribution in [0.15, 0.2) is 28.8 Å². The maximum atomic E-state index is 12.9. The van der Waals surface area contributed by atoms with Gasteiger partial charge in [0.1, 0.15) is 5.82 Å². The van der Waals surface area contributed by atoms with E-state index in [-0.39, 0.29) is 5.82 Å². The van der Waals surface area contributed by atoms with Gasteiger partial charge in [-0.3, -0.25) is 4.90 Å². The molecule has 0 aliphatic carbocycles. The van der Waals surface area contributed by atoms with Crippen LogP contribution in [-0.4, -0.2) is 40.7 Å². The molecular weight excluding hydrogens is 259 g/mol. The van der Waals surface area contributed by atoms with Gasteiger partial charge in [0.15, 0.2) is 0 Å². The van der Waals surface area contributed by atoms with Crippen molar-refractivity contribution in [2.45, 2.75) is 19.5 Å². The van der Waals surface area contributed by atoms with Crippen molar-refractivity contribution in [3.05, 3.63) is 36.0 Å². The molecule has 2 heterocycles. The van der Waals surface area contributed by atoms with Gasteiger partial charge in [-0.2, -0.15) is 4.98 Å². The Morgan fingerprint density at radius 2 is 2.20 bits per heavy atom. The Hall–Kier alpha value is -1.79. The van der Waals surface area contributed by atoms with E-state index in [4.69, 9.17) is 4.52 Å². The van der Waals surface area contributed by atoms with E-state index < -0.39 is 0 Å². The van der Waals surface area contributed by atoms with E-state index in [1.807, 2.05) is 0 Å². The highest BCUT2D eigenvalue weighted by atomic mass is 19.1. The Labute approximate surface area is 116 Å². The molecule has 106 valence electrons. The largest absolute Gasteiger partial charge is 0.338 e. The van der Waals surface area contributed by atoms with Crippen molar-refractivity contribution >= 4 is 0 Å². The van der Waals surface area contributed by atoms with E-state index in [9.17, 15) is 4.39 Å². The third kappa shape index (κ3) is 3.02. The smallest absolute Gasteiger partial charge is 0.241 e. The van der Waals surface area contributed by atoms with Gasteiger partial charge < -0.3 is 9.84 Å². The number of hydrogen-bond acceptors (Lipinski definition) is 5. The Balaban J connectivity index is 1.69. The van der Waals surface area contributed by atoms with Crippen LogP contribution in [0.2, 0.25) is 0 Å². The van der Waals surface area contributed by atoms with E-state index >= 15 is 0 Å². The average molecular weight is 276 g/mol. The van der Waals surface area contributed by atoms with Crippen LogP contribution in [0.4, 0.5) is 4.39 Å². The van der Waals surface area contributed by atoms with E-state index in [0.717, 1.165) is 25.2 Å². The molecule has 0 spiro atoms. The zero-order valence-corrected chi connectivity index (χ0v) is 11.3. The minimum absolute atomic E-state index is 0.271. The molecule has 1 aromatic heterocycles.